The van der Waals surface area contributed by atoms with Crippen LogP contribution in [-0.4, -0.2) is 43.5 Å². The molecule has 3 aromatic rings. The van der Waals surface area contributed by atoms with Crippen molar-refractivity contribution in [3.05, 3.63) is 101 Å². The summed E-state index contributed by atoms with van der Waals surface area (Å²) >= 11 is 0. The van der Waals surface area contributed by atoms with Crippen molar-refractivity contribution in [3.8, 4) is 0 Å². The van der Waals surface area contributed by atoms with Gasteiger partial charge in [0.25, 0.3) is 0 Å². The van der Waals surface area contributed by atoms with Gasteiger partial charge in [0.05, 0.1) is 4.90 Å². The normalized spacial score (nSPS) is 11.7. The Morgan fingerprint density at radius 2 is 1.71 bits per heavy atom. The molecule has 0 atom stereocenters. The number of amides is 1. The summed E-state index contributed by atoms with van der Waals surface area (Å²) in [6.07, 6.45) is 5.05. The van der Waals surface area contributed by atoms with E-state index >= 15 is 0 Å². The Bertz CT molecular complexity index is 1270. The van der Waals surface area contributed by atoms with Gasteiger partial charge < -0.3 is 10.4 Å². The van der Waals surface area contributed by atoms with E-state index in [2.05, 4.69) is 15.0 Å². The number of hydrogen-bond donors (Lipinski definition) is 3. The highest BCUT2D eigenvalue weighted by molar-refractivity contribution is 7.89. The zero-order valence-electron chi connectivity index (χ0n) is 18.6. The second kappa shape index (κ2) is 11.4. The van der Waals surface area contributed by atoms with Crippen LogP contribution in [0.3, 0.4) is 0 Å². The van der Waals surface area contributed by atoms with Crippen molar-refractivity contribution in [1.29, 1.82) is 0 Å². The molecule has 1 heterocycles. The second-order valence-corrected chi connectivity index (χ2v) is 9.34. The number of aryl methyl sites for hydroxylation is 1. The van der Waals surface area contributed by atoms with Gasteiger partial charge in [0.15, 0.2) is 0 Å². The van der Waals surface area contributed by atoms with Gasteiger partial charge in [-0.1, -0.05) is 48.0 Å². The van der Waals surface area contributed by atoms with Crippen LogP contribution in [0.15, 0.2) is 84.0 Å². The molecule has 0 radical (unpaired) electrons. The predicted octanol–water partition coefficient (Wildman–Crippen LogP) is 2.54. The molecule has 0 bridgehead atoms. The first-order chi connectivity index (χ1) is 16.2. The fourth-order valence-corrected chi connectivity index (χ4v) is 4.21. The van der Waals surface area contributed by atoms with Gasteiger partial charge in [-0.05, 0) is 48.2 Å². The van der Waals surface area contributed by atoms with E-state index in [1.807, 2.05) is 31.2 Å². The van der Waals surface area contributed by atoms with E-state index in [4.69, 9.17) is 5.11 Å². The van der Waals surface area contributed by atoms with Gasteiger partial charge >= 0.3 is 5.97 Å². The Labute approximate surface area is 198 Å². The van der Waals surface area contributed by atoms with Crippen LogP contribution in [0.25, 0.3) is 5.57 Å². The third kappa shape index (κ3) is 7.09. The molecule has 0 saturated heterocycles. The van der Waals surface area contributed by atoms with Crippen molar-refractivity contribution < 1.29 is 23.1 Å². The molecule has 0 saturated carbocycles. The zero-order chi connectivity index (χ0) is 24.6. The number of carboxylic acids is 1. The number of aliphatic carboxylic acids is 1. The average molecular weight is 480 g/mol. The van der Waals surface area contributed by atoms with Crippen molar-refractivity contribution in [2.24, 2.45) is 0 Å². The standard InChI is InChI=1S/C25H25N3O5S/c1-18-4-10-22(11-5-18)34(32,33)28-14-12-19-6-8-20(9-7-19)23(21-3-2-13-26-16-21)15-24(29)27-17-25(30)31/h2-11,13,15-16,28H,12,14,17H2,1H3,(H,27,29)(H,30,31)/b23-15+. The molecule has 34 heavy (non-hydrogen) atoms. The molecule has 8 nitrogen and oxygen atoms in total. The van der Waals surface area contributed by atoms with Gasteiger partial charge in [-0.25, -0.2) is 13.1 Å². The average Bonchev–Trinajstić information content (AvgIpc) is 2.82. The lowest BCUT2D eigenvalue weighted by Crippen LogP contribution is -2.27. The number of carboxylic acid groups (broad SMARTS) is 1. The van der Waals surface area contributed by atoms with E-state index in [0.717, 1.165) is 16.7 Å². The number of carbonyl (C=O) groups is 2. The minimum atomic E-state index is -3.58. The van der Waals surface area contributed by atoms with Crippen LogP contribution in [0.5, 0.6) is 0 Å². The molecule has 0 fully saturated rings. The topological polar surface area (TPSA) is 125 Å². The van der Waals surface area contributed by atoms with Crippen LogP contribution in [0.1, 0.15) is 22.3 Å². The van der Waals surface area contributed by atoms with Gasteiger partial charge in [0.2, 0.25) is 15.9 Å². The second-order valence-electron chi connectivity index (χ2n) is 7.57. The highest BCUT2D eigenvalue weighted by atomic mass is 32.2. The highest BCUT2D eigenvalue weighted by Crippen LogP contribution is 2.23. The largest absolute Gasteiger partial charge is 0.480 e. The van der Waals surface area contributed by atoms with Crippen LogP contribution in [0.4, 0.5) is 0 Å². The Kier molecular flexibility index (Phi) is 8.29. The SMILES string of the molecule is Cc1ccc(S(=O)(=O)NCCc2ccc(/C(=C\C(=O)NCC(=O)O)c3cccnc3)cc2)cc1. The van der Waals surface area contributed by atoms with Crippen molar-refractivity contribution in [1.82, 2.24) is 15.0 Å². The number of nitrogens with one attached hydrogen (secondary N) is 2. The molecule has 3 rings (SSSR count). The summed E-state index contributed by atoms with van der Waals surface area (Å²) in [4.78, 5) is 27.2. The fraction of sp³-hybridized carbons (Fsp3) is 0.160. The maximum absolute atomic E-state index is 12.4. The molecule has 1 aromatic heterocycles. The van der Waals surface area contributed by atoms with Crippen molar-refractivity contribution >= 4 is 27.5 Å². The summed E-state index contributed by atoms with van der Waals surface area (Å²) in [5.41, 5.74) is 3.92. The van der Waals surface area contributed by atoms with Crippen molar-refractivity contribution in [2.45, 2.75) is 18.2 Å². The lowest BCUT2D eigenvalue weighted by Gasteiger charge is -2.10. The Hall–Kier alpha value is -3.82. The lowest BCUT2D eigenvalue weighted by atomic mass is 9.97. The summed E-state index contributed by atoms with van der Waals surface area (Å²) in [6, 6.07) is 17.6. The van der Waals surface area contributed by atoms with E-state index in [1.54, 1.807) is 48.8 Å². The third-order valence-corrected chi connectivity index (χ3v) is 6.44. The molecule has 0 unspecified atom stereocenters. The molecule has 0 aliphatic carbocycles. The van der Waals surface area contributed by atoms with E-state index in [1.165, 1.54) is 6.08 Å². The summed E-state index contributed by atoms with van der Waals surface area (Å²) in [6.45, 7) is 1.65. The van der Waals surface area contributed by atoms with Crippen LogP contribution in [-0.2, 0) is 26.0 Å². The number of rotatable bonds is 10. The molecule has 9 heteroatoms. The first-order valence-corrected chi connectivity index (χ1v) is 12.0. The van der Waals surface area contributed by atoms with Gasteiger partial charge in [-0.2, -0.15) is 0 Å². The predicted molar refractivity (Wildman–Crippen MR) is 128 cm³/mol. The Balaban J connectivity index is 1.70. The molecule has 1 amide bonds. The van der Waals surface area contributed by atoms with E-state index in [9.17, 15) is 18.0 Å². The van der Waals surface area contributed by atoms with Crippen molar-refractivity contribution in [3.63, 3.8) is 0 Å². The van der Waals surface area contributed by atoms with Crippen LogP contribution in [0.2, 0.25) is 0 Å². The molecule has 176 valence electrons. The molecule has 0 spiro atoms. The minimum absolute atomic E-state index is 0.223. The van der Waals surface area contributed by atoms with Crippen LogP contribution in [0, 0.1) is 6.92 Å². The number of hydrogen-bond acceptors (Lipinski definition) is 5. The molecule has 2 aromatic carbocycles. The summed E-state index contributed by atoms with van der Waals surface area (Å²) in [5.74, 6) is -1.66. The van der Waals surface area contributed by atoms with Gasteiger partial charge in [0.1, 0.15) is 6.54 Å². The first-order valence-electron chi connectivity index (χ1n) is 10.5. The molecule has 3 N–H and O–H groups in total. The zero-order valence-corrected chi connectivity index (χ0v) is 19.4. The lowest BCUT2D eigenvalue weighted by molar-refractivity contribution is -0.137. The first kappa shape index (κ1) is 24.8. The van der Waals surface area contributed by atoms with E-state index in [-0.39, 0.29) is 11.4 Å². The summed E-state index contributed by atoms with van der Waals surface area (Å²) < 4.78 is 27.5. The smallest absolute Gasteiger partial charge is 0.322 e. The maximum atomic E-state index is 12.4. The van der Waals surface area contributed by atoms with E-state index in [0.29, 0.717) is 17.6 Å². The van der Waals surface area contributed by atoms with Gasteiger partial charge in [0, 0.05) is 30.6 Å². The number of aromatic nitrogens is 1. The Morgan fingerprint density at radius 3 is 2.32 bits per heavy atom. The monoisotopic (exact) mass is 479 g/mol. The van der Waals surface area contributed by atoms with Gasteiger partial charge in [-0.3, -0.25) is 14.6 Å². The maximum Gasteiger partial charge on any atom is 0.322 e. The van der Waals surface area contributed by atoms with E-state index < -0.39 is 28.4 Å². The van der Waals surface area contributed by atoms with Crippen LogP contribution >= 0.6 is 0 Å². The highest BCUT2D eigenvalue weighted by Gasteiger charge is 2.13. The van der Waals surface area contributed by atoms with Gasteiger partial charge in [-0.15, -0.1) is 0 Å². The molecule has 0 aliphatic heterocycles. The Morgan fingerprint density at radius 1 is 1.00 bits per heavy atom. The number of nitrogens with zero attached hydrogens (tertiary/aromatic N) is 1. The number of sulfonamides is 1. The van der Waals surface area contributed by atoms with Crippen LogP contribution < -0.4 is 10.0 Å². The summed E-state index contributed by atoms with van der Waals surface area (Å²) in [7, 11) is -3.58. The fourth-order valence-electron chi connectivity index (χ4n) is 3.18. The minimum Gasteiger partial charge on any atom is -0.480 e. The third-order valence-electron chi connectivity index (χ3n) is 4.96. The number of benzene rings is 2. The summed E-state index contributed by atoms with van der Waals surface area (Å²) in [5, 5.41) is 11.1. The molecule has 0 aliphatic rings. The quantitative estimate of drug-likeness (QED) is 0.384. The van der Waals surface area contributed by atoms with Crippen molar-refractivity contribution in [2.75, 3.05) is 13.1 Å². The number of pyridine rings is 1. The molecular formula is C25H25N3O5S. The number of carbonyl (C=O) groups excluding carboxylic acids is 1. The molecular weight excluding hydrogens is 454 g/mol.